The van der Waals surface area contributed by atoms with Gasteiger partial charge in [0.2, 0.25) is 0 Å². The minimum absolute atomic E-state index is 0.0390. The van der Waals surface area contributed by atoms with Crippen LogP contribution in [-0.4, -0.2) is 70.6 Å². The summed E-state index contributed by atoms with van der Waals surface area (Å²) in [6.45, 7) is 0.837. The number of azide groups is 1. The molecule has 1 aliphatic heterocycles. The number of methoxy groups -OCH3 is 1. The number of hydrogen-bond donors (Lipinski definition) is 1. The van der Waals surface area contributed by atoms with E-state index in [0.29, 0.717) is 31.6 Å². The Morgan fingerprint density at radius 3 is 2.66 bits per heavy atom. The van der Waals surface area contributed by atoms with E-state index in [1.165, 1.54) is 35.1 Å². The molecule has 2 aromatic rings. The van der Waals surface area contributed by atoms with Crippen molar-refractivity contribution < 1.29 is 24.2 Å². The quantitative estimate of drug-likeness (QED) is 0.247. The predicted octanol–water partition coefficient (Wildman–Crippen LogP) is 4.29. The first-order valence-electron chi connectivity index (χ1n) is 10.9. The lowest BCUT2D eigenvalue weighted by atomic mass is 9.94. The van der Waals surface area contributed by atoms with Crippen molar-refractivity contribution in [1.82, 2.24) is 14.8 Å². The highest BCUT2D eigenvalue weighted by Gasteiger charge is 2.35. The standard InChI is InChI=1S/C23H25ClN6O5/c1-35-22(32)20(13-17-4-2-3-9-26-17)30(14-15-7-10-29(11-8-15)23(33)34)21(31)18-6-5-16(24)12-19(18)27-28-25/h2-6,9,12,15,20H,7-8,10-11,13-14H2,1H3,(H,33,34). The van der Waals surface area contributed by atoms with E-state index in [-0.39, 0.29) is 35.2 Å². The average molecular weight is 501 g/mol. The SMILES string of the molecule is COC(=O)C(Cc1ccccn1)N(CC1CCN(C(=O)O)CC1)C(=O)c1ccc(Cl)cc1N=[N+]=[N-]. The Bertz CT molecular complexity index is 1120. The molecule has 2 heterocycles. The summed E-state index contributed by atoms with van der Waals surface area (Å²) >= 11 is 6.03. The van der Waals surface area contributed by atoms with Gasteiger partial charge in [0.15, 0.2) is 0 Å². The van der Waals surface area contributed by atoms with Crippen molar-refractivity contribution in [3.63, 3.8) is 0 Å². The normalized spacial score (nSPS) is 14.5. The number of esters is 1. The van der Waals surface area contributed by atoms with Gasteiger partial charge in [-0.1, -0.05) is 22.8 Å². The van der Waals surface area contributed by atoms with Gasteiger partial charge in [0.05, 0.1) is 12.8 Å². The summed E-state index contributed by atoms with van der Waals surface area (Å²) in [5.74, 6) is -1.21. The zero-order valence-electron chi connectivity index (χ0n) is 19.1. The van der Waals surface area contributed by atoms with Crippen molar-refractivity contribution in [2.24, 2.45) is 11.0 Å². The van der Waals surface area contributed by atoms with Gasteiger partial charge >= 0.3 is 12.1 Å². The van der Waals surface area contributed by atoms with E-state index in [2.05, 4.69) is 15.0 Å². The third kappa shape index (κ3) is 6.62. The van der Waals surface area contributed by atoms with E-state index in [0.717, 1.165) is 0 Å². The molecule has 1 aliphatic rings. The number of benzene rings is 1. The molecule has 0 radical (unpaired) electrons. The molecule has 3 rings (SSSR count). The Kier molecular flexibility index (Phi) is 8.88. The van der Waals surface area contributed by atoms with Gasteiger partial charge in [-0.3, -0.25) is 9.78 Å². The zero-order chi connectivity index (χ0) is 25.4. The van der Waals surface area contributed by atoms with Crippen LogP contribution in [0.25, 0.3) is 10.4 Å². The van der Waals surface area contributed by atoms with Crippen LogP contribution in [0.1, 0.15) is 28.9 Å². The smallest absolute Gasteiger partial charge is 0.407 e. The number of amides is 2. The maximum Gasteiger partial charge on any atom is 0.407 e. The predicted molar refractivity (Wildman–Crippen MR) is 127 cm³/mol. The number of halogens is 1. The van der Waals surface area contributed by atoms with Crippen LogP contribution in [0.2, 0.25) is 5.02 Å². The van der Waals surface area contributed by atoms with Crippen LogP contribution in [0.4, 0.5) is 10.5 Å². The molecule has 35 heavy (non-hydrogen) atoms. The van der Waals surface area contributed by atoms with Gasteiger partial charge in [0.1, 0.15) is 6.04 Å². The lowest BCUT2D eigenvalue weighted by molar-refractivity contribution is -0.146. The monoisotopic (exact) mass is 500 g/mol. The van der Waals surface area contributed by atoms with Gasteiger partial charge < -0.3 is 19.6 Å². The molecule has 12 heteroatoms. The van der Waals surface area contributed by atoms with Gasteiger partial charge in [0, 0.05) is 53.4 Å². The third-order valence-corrected chi connectivity index (χ3v) is 6.16. The van der Waals surface area contributed by atoms with Crippen molar-refractivity contribution in [3.05, 3.63) is 69.3 Å². The van der Waals surface area contributed by atoms with Crippen molar-refractivity contribution in [2.45, 2.75) is 25.3 Å². The molecule has 0 bridgehead atoms. The number of hydrogen-bond acceptors (Lipinski definition) is 6. The summed E-state index contributed by atoms with van der Waals surface area (Å²) < 4.78 is 5.04. The average Bonchev–Trinajstić information content (AvgIpc) is 2.86. The minimum atomic E-state index is -1.01. The van der Waals surface area contributed by atoms with Gasteiger partial charge in [-0.25, -0.2) is 9.59 Å². The molecule has 0 spiro atoms. The van der Waals surface area contributed by atoms with Crippen LogP contribution in [0.5, 0.6) is 0 Å². The Morgan fingerprint density at radius 2 is 2.06 bits per heavy atom. The van der Waals surface area contributed by atoms with Gasteiger partial charge in [-0.05, 0) is 54.6 Å². The molecule has 1 N–H and O–H groups in total. The number of ether oxygens (including phenoxy) is 1. The second-order valence-corrected chi connectivity index (χ2v) is 8.52. The number of aromatic nitrogens is 1. The van der Waals surface area contributed by atoms with Crippen LogP contribution in [0, 0.1) is 5.92 Å². The first-order valence-corrected chi connectivity index (χ1v) is 11.3. The number of carbonyl (C=O) groups is 3. The fourth-order valence-electron chi connectivity index (χ4n) is 4.08. The van der Waals surface area contributed by atoms with E-state index in [1.54, 1.807) is 24.4 Å². The fourth-order valence-corrected chi connectivity index (χ4v) is 4.25. The maximum atomic E-state index is 13.8. The molecule has 0 saturated carbocycles. The molecule has 1 aromatic carbocycles. The van der Waals surface area contributed by atoms with Crippen LogP contribution >= 0.6 is 11.6 Å². The molecule has 1 aromatic heterocycles. The topological polar surface area (TPSA) is 149 Å². The van der Waals surface area contributed by atoms with Gasteiger partial charge in [0.25, 0.3) is 5.91 Å². The second-order valence-electron chi connectivity index (χ2n) is 8.09. The van der Waals surface area contributed by atoms with E-state index in [4.69, 9.17) is 21.9 Å². The van der Waals surface area contributed by atoms with Crippen molar-refractivity contribution in [3.8, 4) is 0 Å². The zero-order valence-corrected chi connectivity index (χ0v) is 19.8. The molecular weight excluding hydrogens is 476 g/mol. The lowest BCUT2D eigenvalue weighted by Gasteiger charge is -2.36. The molecule has 1 saturated heterocycles. The van der Waals surface area contributed by atoms with Crippen LogP contribution in [0.3, 0.4) is 0 Å². The molecule has 11 nitrogen and oxygen atoms in total. The number of nitrogens with zero attached hydrogens (tertiary/aromatic N) is 6. The van der Waals surface area contributed by atoms with E-state index < -0.39 is 24.0 Å². The number of piperidine rings is 1. The Labute approximate surface area is 206 Å². The van der Waals surface area contributed by atoms with Gasteiger partial charge in [-0.2, -0.15) is 0 Å². The second kappa shape index (κ2) is 12.0. The highest BCUT2D eigenvalue weighted by atomic mass is 35.5. The van der Waals surface area contributed by atoms with Crippen LogP contribution < -0.4 is 0 Å². The summed E-state index contributed by atoms with van der Waals surface area (Å²) in [4.78, 5) is 47.8. The van der Waals surface area contributed by atoms with E-state index in [9.17, 15) is 19.5 Å². The van der Waals surface area contributed by atoms with E-state index in [1.807, 2.05) is 0 Å². The van der Waals surface area contributed by atoms with Crippen LogP contribution in [-0.2, 0) is 16.0 Å². The van der Waals surface area contributed by atoms with Gasteiger partial charge in [-0.15, -0.1) is 0 Å². The number of pyridine rings is 1. The summed E-state index contributed by atoms with van der Waals surface area (Å²) in [6, 6.07) is 8.60. The minimum Gasteiger partial charge on any atom is -0.467 e. The summed E-state index contributed by atoms with van der Waals surface area (Å²) in [5.41, 5.74) is 9.69. The summed E-state index contributed by atoms with van der Waals surface area (Å²) in [5, 5.41) is 13.1. The summed E-state index contributed by atoms with van der Waals surface area (Å²) in [7, 11) is 1.25. The molecule has 0 aliphatic carbocycles. The van der Waals surface area contributed by atoms with Crippen molar-refractivity contribution in [1.29, 1.82) is 0 Å². The third-order valence-electron chi connectivity index (χ3n) is 5.92. The Morgan fingerprint density at radius 1 is 1.31 bits per heavy atom. The maximum absolute atomic E-state index is 13.8. The summed E-state index contributed by atoms with van der Waals surface area (Å²) in [6.07, 6.45) is 1.77. The molecule has 1 fully saturated rings. The lowest BCUT2D eigenvalue weighted by Crippen LogP contribution is -2.50. The van der Waals surface area contributed by atoms with Crippen molar-refractivity contribution >= 4 is 35.3 Å². The fraction of sp³-hybridized carbons (Fsp3) is 0.391. The molecule has 1 atom stereocenters. The van der Waals surface area contributed by atoms with Crippen molar-refractivity contribution in [2.75, 3.05) is 26.7 Å². The number of carboxylic acid groups (broad SMARTS) is 1. The first kappa shape index (κ1) is 25.8. The Hall–Kier alpha value is -3.82. The molecule has 1 unspecified atom stereocenters. The number of rotatable bonds is 8. The highest BCUT2D eigenvalue weighted by Crippen LogP contribution is 2.28. The highest BCUT2D eigenvalue weighted by molar-refractivity contribution is 6.31. The number of carbonyl (C=O) groups excluding carboxylic acids is 2. The van der Waals surface area contributed by atoms with Crippen LogP contribution in [0.15, 0.2) is 47.7 Å². The molecular formula is C23H25ClN6O5. The molecule has 2 amide bonds. The first-order chi connectivity index (χ1) is 16.8. The Balaban J connectivity index is 1.98. The number of likely N-dealkylation sites (tertiary alicyclic amines) is 1. The molecule has 184 valence electrons. The van der Waals surface area contributed by atoms with E-state index >= 15 is 0 Å². The largest absolute Gasteiger partial charge is 0.467 e.